The predicted octanol–water partition coefficient (Wildman–Crippen LogP) is 7.66. The molecule has 0 amide bonds. The Kier molecular flexibility index (Phi) is 3.42. The first kappa shape index (κ1) is 16.1. The Hall–Kier alpha value is -3.06. The lowest BCUT2D eigenvalue weighted by Gasteiger charge is -2.23. The van der Waals surface area contributed by atoms with Crippen molar-refractivity contribution in [3.05, 3.63) is 84.6 Å². The van der Waals surface area contributed by atoms with E-state index >= 15 is 0 Å². The fourth-order valence-electron chi connectivity index (χ4n) is 4.17. The van der Waals surface area contributed by atoms with Crippen LogP contribution in [0.2, 0.25) is 0 Å². The Labute approximate surface area is 159 Å². The second-order valence-corrected chi connectivity index (χ2v) is 8.21. The molecule has 3 aromatic rings. The molecule has 27 heavy (non-hydrogen) atoms. The maximum absolute atomic E-state index is 6.50. The quantitative estimate of drug-likeness (QED) is 0.302. The molecular formula is C26H22O. The molecule has 0 atom stereocenters. The standard InChI is InChI=1S/C26H22O/c1-26(2,3)25-24-19-14-8-7-13-18(19)22(17-11-5-4-6-12-17)23(24)20-15-9-10-16-21(20)27-25/h4-16H,1-3H3. The van der Waals surface area contributed by atoms with E-state index in [2.05, 4.69) is 99.6 Å². The lowest BCUT2D eigenvalue weighted by atomic mass is 9.85. The summed E-state index contributed by atoms with van der Waals surface area (Å²) in [6.07, 6.45) is 0. The van der Waals surface area contributed by atoms with Crippen molar-refractivity contribution in [2.24, 2.45) is 0 Å². The molecule has 2 aliphatic rings. The molecule has 0 saturated carbocycles. The van der Waals surface area contributed by atoms with Crippen molar-refractivity contribution in [1.29, 1.82) is 0 Å². The Morgan fingerprint density at radius 1 is 0.556 bits per heavy atom. The van der Waals surface area contributed by atoms with E-state index in [0.717, 1.165) is 11.3 Å². The number of para-hydroxylation sites is 1. The van der Waals surface area contributed by atoms with Crippen LogP contribution < -0.4 is 0 Å². The van der Waals surface area contributed by atoms with E-state index < -0.39 is 0 Å². The molecule has 5 rings (SSSR count). The molecule has 1 heterocycles. The van der Waals surface area contributed by atoms with Gasteiger partial charge in [-0.05, 0) is 28.0 Å². The fourth-order valence-corrected chi connectivity index (χ4v) is 4.17. The van der Waals surface area contributed by atoms with Crippen LogP contribution in [0.15, 0.2) is 83.3 Å². The van der Waals surface area contributed by atoms with Crippen LogP contribution in [-0.4, -0.2) is 0 Å². The summed E-state index contributed by atoms with van der Waals surface area (Å²) in [5, 5.41) is 3.73. The molecule has 0 fully saturated rings. The number of hydrogen-bond donors (Lipinski definition) is 0. The third kappa shape index (κ3) is 2.39. The lowest BCUT2D eigenvalue weighted by molar-refractivity contribution is 0.425. The largest absolute Gasteiger partial charge is 0.460 e. The summed E-state index contributed by atoms with van der Waals surface area (Å²) < 4.78 is 6.50. The van der Waals surface area contributed by atoms with Crippen LogP contribution in [0.1, 0.15) is 26.5 Å². The highest BCUT2D eigenvalue weighted by Gasteiger charge is 2.31. The molecule has 0 spiro atoms. The van der Waals surface area contributed by atoms with Gasteiger partial charge in [-0.2, -0.15) is 0 Å². The van der Waals surface area contributed by atoms with E-state index in [1.807, 2.05) is 0 Å². The van der Waals surface area contributed by atoms with Crippen LogP contribution in [0.5, 0.6) is 0 Å². The van der Waals surface area contributed by atoms with Crippen molar-refractivity contribution in [1.82, 2.24) is 0 Å². The molecule has 1 aliphatic heterocycles. The van der Waals surface area contributed by atoms with Gasteiger partial charge in [0.15, 0.2) is 0 Å². The first-order valence-electron chi connectivity index (χ1n) is 9.47. The topological polar surface area (TPSA) is 13.1 Å². The van der Waals surface area contributed by atoms with Gasteiger partial charge in [0.25, 0.3) is 0 Å². The zero-order valence-corrected chi connectivity index (χ0v) is 15.9. The lowest BCUT2D eigenvalue weighted by Crippen LogP contribution is -2.13. The van der Waals surface area contributed by atoms with Crippen molar-refractivity contribution >= 4 is 21.7 Å². The maximum Gasteiger partial charge on any atom is 0.134 e. The summed E-state index contributed by atoms with van der Waals surface area (Å²) in [6.45, 7) is 6.68. The van der Waals surface area contributed by atoms with Crippen LogP contribution in [0.3, 0.4) is 0 Å². The van der Waals surface area contributed by atoms with Crippen LogP contribution in [-0.2, 0) is 5.41 Å². The molecule has 0 bridgehead atoms. The van der Waals surface area contributed by atoms with Crippen molar-refractivity contribution in [2.45, 2.75) is 26.2 Å². The van der Waals surface area contributed by atoms with Gasteiger partial charge in [0, 0.05) is 21.9 Å². The van der Waals surface area contributed by atoms with Crippen molar-refractivity contribution in [3.8, 4) is 22.3 Å². The highest BCUT2D eigenvalue weighted by Crippen LogP contribution is 2.51. The van der Waals surface area contributed by atoms with Crippen LogP contribution in [0, 0.1) is 0 Å². The van der Waals surface area contributed by atoms with Gasteiger partial charge in [-0.25, -0.2) is 0 Å². The molecule has 0 saturated heterocycles. The number of benzene rings is 3. The summed E-state index contributed by atoms with van der Waals surface area (Å²) in [5.41, 5.74) is 5.96. The van der Waals surface area contributed by atoms with E-state index in [1.54, 1.807) is 0 Å². The molecule has 1 aliphatic carbocycles. The number of fused-ring (bicyclic) bond motifs is 5. The van der Waals surface area contributed by atoms with Gasteiger partial charge in [0.2, 0.25) is 0 Å². The minimum atomic E-state index is -0.0899. The monoisotopic (exact) mass is 350 g/mol. The van der Waals surface area contributed by atoms with E-state index in [0.29, 0.717) is 0 Å². The van der Waals surface area contributed by atoms with E-state index in [4.69, 9.17) is 4.42 Å². The van der Waals surface area contributed by atoms with Gasteiger partial charge < -0.3 is 4.42 Å². The second kappa shape index (κ2) is 5.72. The van der Waals surface area contributed by atoms with Gasteiger partial charge >= 0.3 is 0 Å². The highest BCUT2D eigenvalue weighted by molar-refractivity contribution is 6.21. The van der Waals surface area contributed by atoms with Gasteiger partial charge in [0.1, 0.15) is 11.3 Å². The first-order valence-corrected chi connectivity index (χ1v) is 9.47. The third-order valence-corrected chi connectivity index (χ3v) is 5.30. The van der Waals surface area contributed by atoms with E-state index in [-0.39, 0.29) is 5.41 Å². The first-order chi connectivity index (χ1) is 13.1. The molecule has 3 aromatic carbocycles. The van der Waals surface area contributed by atoms with E-state index in [1.165, 1.54) is 38.4 Å². The van der Waals surface area contributed by atoms with Crippen molar-refractivity contribution in [2.75, 3.05) is 0 Å². The molecule has 132 valence electrons. The molecule has 0 unspecified atom stereocenters. The summed E-state index contributed by atoms with van der Waals surface area (Å²) in [7, 11) is 0. The summed E-state index contributed by atoms with van der Waals surface area (Å²) in [6, 6.07) is 27.8. The number of rotatable bonds is 1. The molecule has 1 heteroatoms. The average molecular weight is 350 g/mol. The maximum atomic E-state index is 6.50. The Morgan fingerprint density at radius 2 is 1.11 bits per heavy atom. The molecule has 0 N–H and O–H groups in total. The fraction of sp³-hybridized carbons (Fsp3) is 0.154. The Balaban J connectivity index is 2.08. The van der Waals surface area contributed by atoms with Crippen molar-refractivity contribution < 1.29 is 4.42 Å². The minimum Gasteiger partial charge on any atom is -0.460 e. The average Bonchev–Trinajstić information content (AvgIpc) is 3.03. The normalized spacial score (nSPS) is 12.3. The predicted molar refractivity (Wildman–Crippen MR) is 114 cm³/mol. The summed E-state index contributed by atoms with van der Waals surface area (Å²) in [5.74, 6) is 1.05. The zero-order chi connectivity index (χ0) is 18.6. The van der Waals surface area contributed by atoms with Crippen LogP contribution in [0.25, 0.3) is 44.0 Å². The molecule has 0 radical (unpaired) electrons. The summed E-state index contributed by atoms with van der Waals surface area (Å²) in [4.78, 5) is 0. The Morgan fingerprint density at radius 3 is 1.78 bits per heavy atom. The minimum absolute atomic E-state index is 0.0899. The van der Waals surface area contributed by atoms with Gasteiger partial charge in [-0.1, -0.05) is 93.6 Å². The Bertz CT molecular complexity index is 1240. The molecule has 1 nitrogen and oxygen atoms in total. The smallest absolute Gasteiger partial charge is 0.134 e. The van der Waals surface area contributed by atoms with Crippen LogP contribution in [0.4, 0.5) is 0 Å². The SMILES string of the molecule is CC(C)(C)c1oc2ccccc2c2c(-c3ccccc3)c3ccccc3c1-2. The third-order valence-electron chi connectivity index (χ3n) is 5.30. The van der Waals surface area contributed by atoms with Gasteiger partial charge in [0.05, 0.1) is 0 Å². The van der Waals surface area contributed by atoms with Crippen molar-refractivity contribution in [3.63, 3.8) is 0 Å². The second-order valence-electron chi connectivity index (χ2n) is 8.21. The van der Waals surface area contributed by atoms with Crippen LogP contribution >= 0.6 is 0 Å². The van der Waals surface area contributed by atoms with Gasteiger partial charge in [-0.3, -0.25) is 0 Å². The zero-order valence-electron chi connectivity index (χ0n) is 15.9. The van der Waals surface area contributed by atoms with E-state index in [9.17, 15) is 0 Å². The molecular weight excluding hydrogens is 328 g/mol. The van der Waals surface area contributed by atoms with Gasteiger partial charge in [-0.15, -0.1) is 0 Å². The highest BCUT2D eigenvalue weighted by atomic mass is 16.3. The molecule has 0 aromatic heterocycles. The number of hydrogen-bond acceptors (Lipinski definition) is 1. The summed E-state index contributed by atoms with van der Waals surface area (Å²) >= 11 is 0.